The molecule has 1 aromatic carbocycles. The number of carbonyl (C=O) groups excluding carboxylic acids is 1. The van der Waals surface area contributed by atoms with Crippen LogP contribution in [0.2, 0.25) is 0 Å². The zero-order valence-electron chi connectivity index (χ0n) is 20.1. The van der Waals surface area contributed by atoms with Crippen molar-refractivity contribution in [1.82, 2.24) is 15.1 Å². The molecule has 33 heavy (non-hydrogen) atoms. The number of likely N-dealkylation sites (N-methyl/N-ethyl adjacent to an activating group) is 1. The molecule has 0 radical (unpaired) electrons. The summed E-state index contributed by atoms with van der Waals surface area (Å²) in [6.45, 7) is 6.50. The van der Waals surface area contributed by atoms with Gasteiger partial charge in [-0.3, -0.25) is 4.79 Å². The maximum atomic E-state index is 12.1. The topological polar surface area (TPSA) is 54.0 Å². The van der Waals surface area contributed by atoms with E-state index in [1.165, 1.54) is 10.4 Å². The molecule has 7 heteroatoms. The van der Waals surface area contributed by atoms with Crippen LogP contribution in [0.25, 0.3) is 0 Å². The van der Waals surface area contributed by atoms with Gasteiger partial charge in [-0.2, -0.15) is 0 Å². The Kier molecular flexibility index (Phi) is 8.07. The Morgan fingerprint density at radius 3 is 2.73 bits per heavy atom. The summed E-state index contributed by atoms with van der Waals surface area (Å²) < 4.78 is 12.7. The number of carbonyl (C=O) groups is 1. The second-order valence-corrected chi connectivity index (χ2v) is 10.3. The number of benzene rings is 1. The Labute approximate surface area is 201 Å². The van der Waals surface area contributed by atoms with Crippen LogP contribution in [0.4, 0.5) is 0 Å². The molecule has 180 valence electrons. The van der Waals surface area contributed by atoms with Gasteiger partial charge in [0.15, 0.2) is 0 Å². The third kappa shape index (κ3) is 5.96. The van der Waals surface area contributed by atoms with E-state index in [9.17, 15) is 4.79 Å². The van der Waals surface area contributed by atoms with Gasteiger partial charge < -0.3 is 24.6 Å². The summed E-state index contributed by atoms with van der Waals surface area (Å²) in [6, 6.07) is 12.7. The average Bonchev–Trinajstić information content (AvgIpc) is 3.35. The van der Waals surface area contributed by atoms with Gasteiger partial charge in [0.2, 0.25) is 0 Å². The number of nitrogens with zero attached hydrogens (tertiary/aromatic N) is 2. The summed E-state index contributed by atoms with van der Waals surface area (Å²) in [5.74, 6) is 1.08. The van der Waals surface area contributed by atoms with Crippen molar-refractivity contribution >= 4 is 17.2 Å². The zero-order valence-corrected chi connectivity index (χ0v) is 20.9. The largest absolute Gasteiger partial charge is 0.485 e. The second kappa shape index (κ2) is 11.0. The molecule has 0 aliphatic carbocycles. The molecule has 2 saturated heterocycles. The molecule has 6 nitrogen and oxygen atoms in total. The van der Waals surface area contributed by atoms with Gasteiger partial charge in [0.25, 0.3) is 5.91 Å². The van der Waals surface area contributed by atoms with Gasteiger partial charge in [-0.05, 0) is 62.9 Å². The molecule has 0 saturated carbocycles. The summed E-state index contributed by atoms with van der Waals surface area (Å²) in [7, 11) is 3.88. The normalized spacial score (nSPS) is 22.0. The van der Waals surface area contributed by atoms with Gasteiger partial charge in [-0.1, -0.05) is 24.3 Å². The maximum Gasteiger partial charge on any atom is 0.251 e. The number of para-hydroxylation sites is 1. The summed E-state index contributed by atoms with van der Waals surface area (Å²) in [5.41, 5.74) is 1.08. The molecule has 1 amide bonds. The zero-order chi connectivity index (χ0) is 23.3. The van der Waals surface area contributed by atoms with Gasteiger partial charge in [0.05, 0.1) is 5.60 Å². The number of hydrogen-bond donors (Lipinski definition) is 1. The smallest absolute Gasteiger partial charge is 0.251 e. The van der Waals surface area contributed by atoms with Crippen LogP contribution in [0.15, 0.2) is 41.8 Å². The summed E-state index contributed by atoms with van der Waals surface area (Å²) in [5, 5.41) is 5.36. The van der Waals surface area contributed by atoms with E-state index in [0.717, 1.165) is 57.6 Å². The van der Waals surface area contributed by atoms with E-state index in [4.69, 9.17) is 9.47 Å². The number of amides is 1. The number of morpholine rings is 1. The van der Waals surface area contributed by atoms with E-state index in [1.54, 1.807) is 11.3 Å². The molecule has 0 bridgehead atoms. The van der Waals surface area contributed by atoms with E-state index < -0.39 is 0 Å². The second-order valence-electron chi connectivity index (χ2n) is 9.35. The van der Waals surface area contributed by atoms with Crippen LogP contribution >= 0.6 is 11.3 Å². The number of rotatable bonds is 9. The van der Waals surface area contributed by atoms with Crippen LogP contribution in [0.1, 0.15) is 42.7 Å². The minimum Gasteiger partial charge on any atom is -0.485 e. The number of ether oxygens (including phenoxy) is 2. The van der Waals surface area contributed by atoms with Gasteiger partial charge in [0, 0.05) is 44.5 Å². The minimum absolute atomic E-state index is 0.0681. The molecule has 3 heterocycles. The van der Waals surface area contributed by atoms with Crippen LogP contribution in [0.5, 0.6) is 5.75 Å². The number of piperidine rings is 1. The lowest BCUT2D eigenvalue weighted by Crippen LogP contribution is -2.60. The molecular formula is C26H37N3O3S. The van der Waals surface area contributed by atoms with Crippen molar-refractivity contribution in [2.45, 2.75) is 50.4 Å². The van der Waals surface area contributed by atoms with E-state index in [0.29, 0.717) is 6.54 Å². The lowest BCUT2D eigenvalue weighted by atomic mass is 9.88. The van der Waals surface area contributed by atoms with Crippen molar-refractivity contribution in [3.05, 3.63) is 52.2 Å². The van der Waals surface area contributed by atoms with Crippen LogP contribution in [-0.4, -0.2) is 74.2 Å². The SMILES string of the molecule is CNCC[C@@H](Oc1ccccc1CCN1CCC2(CC1)CN(C)C(=O)[C@@H](C)O2)c1cccs1. The first-order valence-corrected chi connectivity index (χ1v) is 13.0. The van der Waals surface area contributed by atoms with Crippen molar-refractivity contribution in [2.75, 3.05) is 46.8 Å². The van der Waals surface area contributed by atoms with Crippen LogP contribution < -0.4 is 10.1 Å². The number of likely N-dealkylation sites (tertiary alicyclic amines) is 1. The van der Waals surface area contributed by atoms with Gasteiger partial charge in [-0.15, -0.1) is 11.3 Å². The van der Waals surface area contributed by atoms with Crippen LogP contribution in [-0.2, 0) is 16.0 Å². The van der Waals surface area contributed by atoms with E-state index in [-0.39, 0.29) is 23.7 Å². The quantitative estimate of drug-likeness (QED) is 0.604. The third-order valence-corrected chi connectivity index (χ3v) is 7.86. The van der Waals surface area contributed by atoms with Crippen molar-refractivity contribution in [3.8, 4) is 5.75 Å². The van der Waals surface area contributed by atoms with Gasteiger partial charge in [-0.25, -0.2) is 0 Å². The van der Waals surface area contributed by atoms with E-state index in [1.807, 2.05) is 25.9 Å². The van der Waals surface area contributed by atoms with Crippen molar-refractivity contribution in [2.24, 2.45) is 0 Å². The molecular weight excluding hydrogens is 434 g/mol. The van der Waals surface area contributed by atoms with Crippen LogP contribution in [0, 0.1) is 0 Å². The Morgan fingerprint density at radius 1 is 1.24 bits per heavy atom. The van der Waals surface area contributed by atoms with Gasteiger partial charge in [0.1, 0.15) is 18.0 Å². The molecule has 2 aromatic rings. The highest BCUT2D eigenvalue weighted by atomic mass is 32.1. The highest BCUT2D eigenvalue weighted by Crippen LogP contribution is 2.33. The Morgan fingerprint density at radius 2 is 2.03 bits per heavy atom. The minimum atomic E-state index is -0.335. The fourth-order valence-corrected chi connectivity index (χ4v) is 5.80. The number of hydrogen-bond acceptors (Lipinski definition) is 6. The predicted octanol–water partition coefficient (Wildman–Crippen LogP) is 3.73. The first-order chi connectivity index (χ1) is 16.0. The van der Waals surface area contributed by atoms with Crippen LogP contribution in [0.3, 0.4) is 0 Å². The molecule has 1 spiro atoms. The fraction of sp³-hybridized carbons (Fsp3) is 0.577. The van der Waals surface area contributed by atoms with Crippen molar-refractivity contribution < 1.29 is 14.3 Å². The molecule has 2 fully saturated rings. The van der Waals surface area contributed by atoms with Gasteiger partial charge >= 0.3 is 0 Å². The molecule has 0 unspecified atom stereocenters. The lowest BCUT2D eigenvalue weighted by Gasteiger charge is -2.48. The predicted molar refractivity (Wildman–Crippen MR) is 133 cm³/mol. The first-order valence-electron chi connectivity index (χ1n) is 12.1. The Balaban J connectivity index is 1.34. The fourth-order valence-electron chi connectivity index (χ4n) is 5.01. The molecule has 2 aliphatic heterocycles. The van der Waals surface area contributed by atoms with Crippen molar-refractivity contribution in [3.63, 3.8) is 0 Å². The lowest BCUT2D eigenvalue weighted by molar-refractivity contribution is -0.186. The third-order valence-electron chi connectivity index (χ3n) is 6.90. The first kappa shape index (κ1) is 24.2. The number of thiophene rings is 1. The molecule has 2 atom stereocenters. The van der Waals surface area contributed by atoms with E-state index in [2.05, 4.69) is 52.0 Å². The maximum absolute atomic E-state index is 12.1. The Hall–Kier alpha value is -1.93. The highest BCUT2D eigenvalue weighted by Gasteiger charge is 2.44. The standard InChI is InChI=1S/C26H37N3O3S/c1-20-25(30)28(3)19-26(32-20)12-16-29(17-13-26)15-11-21-7-4-5-8-22(21)31-23(10-14-27-2)24-9-6-18-33-24/h4-9,18,20,23,27H,10-17,19H2,1-3H3/t20-,23-/m1/s1. The monoisotopic (exact) mass is 471 g/mol. The summed E-state index contributed by atoms with van der Waals surface area (Å²) in [6.07, 6.45) is 3.57. The average molecular weight is 472 g/mol. The molecule has 1 N–H and O–H groups in total. The summed E-state index contributed by atoms with van der Waals surface area (Å²) >= 11 is 1.76. The Bertz CT molecular complexity index is 880. The summed E-state index contributed by atoms with van der Waals surface area (Å²) in [4.78, 5) is 17.7. The number of nitrogens with one attached hydrogen (secondary N) is 1. The molecule has 2 aliphatic rings. The highest BCUT2D eigenvalue weighted by molar-refractivity contribution is 7.10. The molecule has 4 rings (SSSR count). The molecule has 1 aromatic heterocycles. The van der Waals surface area contributed by atoms with Crippen molar-refractivity contribution in [1.29, 1.82) is 0 Å². The van der Waals surface area contributed by atoms with E-state index >= 15 is 0 Å².